The zero-order chi connectivity index (χ0) is 19.6. The Bertz CT molecular complexity index is 720. The third-order valence-electron chi connectivity index (χ3n) is 6.55. The Morgan fingerprint density at radius 2 is 1.89 bits per heavy atom. The Labute approximate surface area is 161 Å². The summed E-state index contributed by atoms with van der Waals surface area (Å²) >= 11 is 0. The van der Waals surface area contributed by atoms with Crippen LogP contribution in [0.2, 0.25) is 0 Å². The fraction of sp³-hybridized carbons (Fsp3) is 0.636. The van der Waals surface area contributed by atoms with Crippen LogP contribution in [0.15, 0.2) is 18.2 Å². The minimum atomic E-state index is -0.697. The first-order valence-electron chi connectivity index (χ1n) is 9.95. The SMILES string of the molecule is CCC(CC)Oc1cc(C2(C#N)CC3CC(C(=O)O)CC3C2)ccc1OC. The molecule has 3 rings (SSSR count). The first-order chi connectivity index (χ1) is 13.0. The number of hydrogen-bond acceptors (Lipinski definition) is 4. The van der Waals surface area contributed by atoms with E-state index >= 15 is 0 Å². The van der Waals surface area contributed by atoms with E-state index in [9.17, 15) is 15.2 Å². The minimum absolute atomic E-state index is 0.117. The predicted octanol–water partition coefficient (Wildman–Crippen LogP) is 4.54. The molecule has 2 fully saturated rings. The van der Waals surface area contributed by atoms with Crippen LogP contribution in [-0.2, 0) is 10.2 Å². The second-order valence-corrected chi connectivity index (χ2v) is 8.05. The van der Waals surface area contributed by atoms with Crippen LogP contribution in [0.1, 0.15) is 57.9 Å². The molecule has 146 valence electrons. The zero-order valence-corrected chi connectivity index (χ0v) is 16.4. The number of rotatable bonds is 7. The molecule has 0 saturated heterocycles. The zero-order valence-electron chi connectivity index (χ0n) is 16.4. The fourth-order valence-electron chi connectivity index (χ4n) is 4.99. The molecule has 0 amide bonds. The first kappa shape index (κ1) is 19.5. The van der Waals surface area contributed by atoms with Gasteiger partial charge in [0.05, 0.1) is 30.6 Å². The van der Waals surface area contributed by atoms with E-state index in [1.165, 1.54) is 0 Å². The van der Waals surface area contributed by atoms with Crippen LogP contribution in [0.4, 0.5) is 0 Å². The molecule has 27 heavy (non-hydrogen) atoms. The van der Waals surface area contributed by atoms with Crippen molar-refractivity contribution in [3.05, 3.63) is 23.8 Å². The maximum atomic E-state index is 11.3. The van der Waals surface area contributed by atoms with Crippen molar-refractivity contribution in [2.75, 3.05) is 7.11 Å². The van der Waals surface area contributed by atoms with Gasteiger partial charge in [-0.2, -0.15) is 5.26 Å². The molecule has 2 saturated carbocycles. The molecule has 1 N–H and O–H groups in total. The average Bonchev–Trinajstić information content (AvgIpc) is 3.22. The number of fused-ring (bicyclic) bond motifs is 1. The van der Waals surface area contributed by atoms with Gasteiger partial charge in [-0.25, -0.2) is 0 Å². The second kappa shape index (κ2) is 7.80. The lowest BCUT2D eigenvalue weighted by atomic mass is 9.77. The molecule has 1 aromatic carbocycles. The van der Waals surface area contributed by atoms with Gasteiger partial charge in [-0.1, -0.05) is 19.9 Å². The Hall–Kier alpha value is -2.22. The summed E-state index contributed by atoms with van der Waals surface area (Å²) in [6, 6.07) is 8.40. The Kier molecular flexibility index (Phi) is 5.64. The van der Waals surface area contributed by atoms with E-state index in [2.05, 4.69) is 19.9 Å². The van der Waals surface area contributed by atoms with Crippen molar-refractivity contribution in [3.8, 4) is 17.6 Å². The molecular formula is C22H29NO4. The topological polar surface area (TPSA) is 79.5 Å². The summed E-state index contributed by atoms with van der Waals surface area (Å²) in [5, 5.41) is 19.4. The number of carbonyl (C=O) groups is 1. The van der Waals surface area contributed by atoms with Crippen LogP contribution in [0.3, 0.4) is 0 Å². The van der Waals surface area contributed by atoms with Crippen molar-refractivity contribution in [1.82, 2.24) is 0 Å². The second-order valence-electron chi connectivity index (χ2n) is 8.05. The van der Waals surface area contributed by atoms with Crippen LogP contribution in [-0.4, -0.2) is 24.3 Å². The van der Waals surface area contributed by atoms with Crippen LogP contribution in [0.5, 0.6) is 11.5 Å². The standard InChI is InChI=1S/C22H29NO4/c1-4-18(5-2)27-20-10-17(6-7-19(20)26-3)22(13-23)11-15-8-14(21(24)25)9-16(15)12-22/h6-7,10,14-16,18H,4-5,8-9,11-12H2,1-3H3,(H,24,25). The largest absolute Gasteiger partial charge is 0.493 e. The third kappa shape index (κ3) is 3.63. The summed E-state index contributed by atoms with van der Waals surface area (Å²) in [4.78, 5) is 11.3. The molecule has 2 aliphatic rings. The highest BCUT2D eigenvalue weighted by molar-refractivity contribution is 5.70. The summed E-state index contributed by atoms with van der Waals surface area (Å²) in [5.41, 5.74) is 0.407. The number of carboxylic acid groups (broad SMARTS) is 1. The van der Waals surface area contributed by atoms with Crippen LogP contribution < -0.4 is 9.47 Å². The number of ether oxygens (including phenoxy) is 2. The van der Waals surface area contributed by atoms with Crippen molar-refractivity contribution >= 4 is 5.97 Å². The van der Waals surface area contributed by atoms with Gasteiger partial charge in [0.1, 0.15) is 0 Å². The summed E-state index contributed by atoms with van der Waals surface area (Å²) in [6.07, 6.45) is 4.78. The molecule has 2 unspecified atom stereocenters. The van der Waals surface area contributed by atoms with Gasteiger partial charge in [-0.15, -0.1) is 0 Å². The molecule has 0 heterocycles. The Morgan fingerprint density at radius 1 is 1.26 bits per heavy atom. The number of aliphatic carboxylic acids is 1. The average molecular weight is 371 g/mol. The van der Waals surface area contributed by atoms with Crippen LogP contribution in [0.25, 0.3) is 0 Å². The van der Waals surface area contributed by atoms with E-state index in [1.807, 2.05) is 18.2 Å². The summed E-state index contributed by atoms with van der Waals surface area (Å²) in [5.74, 6) is 1.06. The lowest BCUT2D eigenvalue weighted by Gasteiger charge is -2.25. The number of hydrogen-bond donors (Lipinski definition) is 1. The summed E-state index contributed by atoms with van der Waals surface area (Å²) in [7, 11) is 1.63. The molecule has 0 aromatic heterocycles. The van der Waals surface area contributed by atoms with Crippen LogP contribution >= 0.6 is 0 Å². The van der Waals surface area contributed by atoms with E-state index < -0.39 is 11.4 Å². The molecular weight excluding hydrogens is 342 g/mol. The highest BCUT2D eigenvalue weighted by Gasteiger charge is 2.52. The molecule has 5 nitrogen and oxygen atoms in total. The van der Waals surface area contributed by atoms with Gasteiger partial charge >= 0.3 is 5.97 Å². The van der Waals surface area contributed by atoms with E-state index in [1.54, 1.807) is 7.11 Å². The maximum Gasteiger partial charge on any atom is 0.306 e. The van der Waals surface area contributed by atoms with Gasteiger partial charge < -0.3 is 14.6 Å². The van der Waals surface area contributed by atoms with E-state index in [-0.39, 0.29) is 12.0 Å². The van der Waals surface area contributed by atoms with E-state index in [0.29, 0.717) is 36.2 Å². The minimum Gasteiger partial charge on any atom is -0.493 e. The normalized spacial score (nSPS) is 29.4. The van der Waals surface area contributed by atoms with Crippen molar-refractivity contribution in [3.63, 3.8) is 0 Å². The van der Waals surface area contributed by atoms with Gasteiger partial charge in [-0.05, 0) is 68.1 Å². The number of nitrogens with zero attached hydrogens (tertiary/aromatic N) is 1. The lowest BCUT2D eigenvalue weighted by Crippen LogP contribution is -2.23. The van der Waals surface area contributed by atoms with Crippen molar-refractivity contribution in [2.24, 2.45) is 17.8 Å². The number of nitriles is 1. The third-order valence-corrected chi connectivity index (χ3v) is 6.55. The molecule has 5 heteroatoms. The monoisotopic (exact) mass is 371 g/mol. The number of benzene rings is 1. The number of methoxy groups -OCH3 is 1. The number of carboxylic acids is 1. The summed E-state index contributed by atoms with van der Waals surface area (Å²) < 4.78 is 11.6. The smallest absolute Gasteiger partial charge is 0.306 e. The van der Waals surface area contributed by atoms with Gasteiger partial charge in [0.25, 0.3) is 0 Å². The van der Waals surface area contributed by atoms with Gasteiger partial charge in [0.15, 0.2) is 11.5 Å². The summed E-state index contributed by atoms with van der Waals surface area (Å²) in [6.45, 7) is 4.19. The van der Waals surface area contributed by atoms with Crippen molar-refractivity contribution < 1.29 is 19.4 Å². The maximum absolute atomic E-state index is 11.3. The molecule has 0 aliphatic heterocycles. The Balaban J connectivity index is 1.87. The van der Waals surface area contributed by atoms with Crippen molar-refractivity contribution in [2.45, 2.75) is 63.9 Å². The highest BCUT2D eigenvalue weighted by atomic mass is 16.5. The van der Waals surface area contributed by atoms with E-state index in [4.69, 9.17) is 9.47 Å². The van der Waals surface area contributed by atoms with E-state index in [0.717, 1.165) is 31.2 Å². The van der Waals surface area contributed by atoms with Gasteiger partial charge in [0, 0.05) is 0 Å². The molecule has 0 spiro atoms. The quantitative estimate of drug-likeness (QED) is 0.761. The molecule has 2 aliphatic carbocycles. The first-order valence-corrected chi connectivity index (χ1v) is 9.95. The molecule has 2 atom stereocenters. The molecule has 0 bridgehead atoms. The van der Waals surface area contributed by atoms with Gasteiger partial charge in [-0.3, -0.25) is 4.79 Å². The van der Waals surface area contributed by atoms with Gasteiger partial charge in [0.2, 0.25) is 0 Å². The fourth-order valence-corrected chi connectivity index (χ4v) is 4.99. The molecule has 1 aromatic rings. The lowest BCUT2D eigenvalue weighted by molar-refractivity contribution is -0.141. The highest BCUT2D eigenvalue weighted by Crippen LogP contribution is 2.56. The Morgan fingerprint density at radius 3 is 2.37 bits per heavy atom. The van der Waals surface area contributed by atoms with Crippen molar-refractivity contribution in [1.29, 1.82) is 5.26 Å². The van der Waals surface area contributed by atoms with Crippen LogP contribution in [0, 0.1) is 29.1 Å². The molecule has 0 radical (unpaired) electrons. The predicted molar refractivity (Wildman–Crippen MR) is 102 cm³/mol.